The molecule has 104 valence electrons. The van der Waals surface area contributed by atoms with E-state index in [1.54, 1.807) is 16.9 Å². The van der Waals surface area contributed by atoms with E-state index >= 15 is 0 Å². The molecule has 0 saturated heterocycles. The molecule has 1 aromatic carbocycles. The van der Waals surface area contributed by atoms with Gasteiger partial charge in [0, 0.05) is 30.4 Å². The maximum absolute atomic E-state index is 11.1. The molecule has 2 aromatic rings. The Balaban J connectivity index is 2.57. The van der Waals surface area contributed by atoms with Gasteiger partial charge in [-0.15, -0.1) is 0 Å². The zero-order chi connectivity index (χ0) is 14.7. The fourth-order valence-electron chi connectivity index (χ4n) is 1.96. The number of nitro groups is 1. The van der Waals surface area contributed by atoms with Crippen molar-refractivity contribution in [1.29, 1.82) is 0 Å². The first-order valence-electron chi connectivity index (χ1n) is 6.08. The van der Waals surface area contributed by atoms with Crippen LogP contribution in [0.1, 0.15) is 23.7 Å². The number of aromatic carboxylic acids is 1. The molecule has 0 aliphatic carbocycles. The second-order valence-corrected chi connectivity index (χ2v) is 4.27. The Morgan fingerprint density at radius 2 is 2.20 bits per heavy atom. The molecule has 2 rings (SSSR count). The standard InChI is InChI=1S/C13H13N3O4/c1-2-5-15-12(3-4-14-15)9-6-10(13(17)18)8-11(7-9)16(19)20/h3-4,6-8H,2,5H2,1H3,(H,17,18). The summed E-state index contributed by atoms with van der Waals surface area (Å²) in [6, 6.07) is 5.53. The van der Waals surface area contributed by atoms with E-state index in [9.17, 15) is 14.9 Å². The second-order valence-electron chi connectivity index (χ2n) is 4.27. The summed E-state index contributed by atoms with van der Waals surface area (Å²) < 4.78 is 1.70. The highest BCUT2D eigenvalue weighted by molar-refractivity contribution is 5.90. The van der Waals surface area contributed by atoms with Gasteiger partial charge in [-0.3, -0.25) is 14.8 Å². The van der Waals surface area contributed by atoms with E-state index in [2.05, 4.69) is 5.10 Å². The molecular formula is C13H13N3O4. The fraction of sp³-hybridized carbons (Fsp3) is 0.231. The monoisotopic (exact) mass is 275 g/mol. The van der Waals surface area contributed by atoms with Crippen LogP contribution in [0.4, 0.5) is 5.69 Å². The average molecular weight is 275 g/mol. The number of carboxylic acids is 1. The number of carbonyl (C=O) groups is 1. The third kappa shape index (κ3) is 2.66. The number of hydrogen-bond donors (Lipinski definition) is 1. The van der Waals surface area contributed by atoms with Crippen LogP contribution in [0.2, 0.25) is 0 Å². The first-order chi connectivity index (χ1) is 9.52. The van der Waals surface area contributed by atoms with Crippen LogP contribution in [0.25, 0.3) is 11.3 Å². The molecule has 0 radical (unpaired) electrons. The second kappa shape index (κ2) is 5.52. The van der Waals surface area contributed by atoms with Gasteiger partial charge in [0.05, 0.1) is 16.2 Å². The molecule has 0 spiro atoms. The zero-order valence-corrected chi connectivity index (χ0v) is 10.8. The molecule has 0 aliphatic heterocycles. The van der Waals surface area contributed by atoms with Gasteiger partial charge in [-0.1, -0.05) is 6.92 Å². The van der Waals surface area contributed by atoms with E-state index in [4.69, 9.17) is 5.11 Å². The molecule has 0 saturated carbocycles. The lowest BCUT2D eigenvalue weighted by Crippen LogP contribution is -2.03. The van der Waals surface area contributed by atoms with Crippen molar-refractivity contribution in [1.82, 2.24) is 9.78 Å². The van der Waals surface area contributed by atoms with Gasteiger partial charge in [-0.25, -0.2) is 4.79 Å². The number of nitro benzene ring substituents is 1. The highest BCUT2D eigenvalue weighted by atomic mass is 16.6. The number of nitrogens with zero attached hydrogens (tertiary/aromatic N) is 3. The van der Waals surface area contributed by atoms with E-state index in [-0.39, 0.29) is 11.3 Å². The van der Waals surface area contributed by atoms with Crippen LogP contribution in [0.15, 0.2) is 30.5 Å². The number of rotatable bonds is 5. The van der Waals surface area contributed by atoms with Crippen molar-refractivity contribution < 1.29 is 14.8 Å². The first-order valence-corrected chi connectivity index (χ1v) is 6.08. The lowest BCUT2D eigenvalue weighted by atomic mass is 10.1. The average Bonchev–Trinajstić information content (AvgIpc) is 2.86. The molecule has 0 fully saturated rings. The van der Waals surface area contributed by atoms with E-state index < -0.39 is 10.9 Å². The zero-order valence-electron chi connectivity index (χ0n) is 10.8. The molecule has 0 unspecified atom stereocenters. The van der Waals surface area contributed by atoms with Crippen LogP contribution < -0.4 is 0 Å². The maximum atomic E-state index is 11.1. The van der Waals surface area contributed by atoms with Crippen LogP contribution in [0.5, 0.6) is 0 Å². The predicted octanol–water partition coefficient (Wildman–Crippen LogP) is 2.57. The topological polar surface area (TPSA) is 98.3 Å². The van der Waals surface area contributed by atoms with Crippen LogP contribution in [0.3, 0.4) is 0 Å². The van der Waals surface area contributed by atoms with Crippen LogP contribution >= 0.6 is 0 Å². The molecule has 7 nitrogen and oxygen atoms in total. The van der Waals surface area contributed by atoms with E-state index in [0.29, 0.717) is 17.8 Å². The normalized spacial score (nSPS) is 10.4. The summed E-state index contributed by atoms with van der Waals surface area (Å²) in [4.78, 5) is 21.4. The van der Waals surface area contributed by atoms with Crippen molar-refractivity contribution in [3.8, 4) is 11.3 Å². The molecule has 0 bridgehead atoms. The Bertz CT molecular complexity index is 631. The molecule has 1 N–H and O–H groups in total. The predicted molar refractivity (Wildman–Crippen MR) is 71.6 cm³/mol. The van der Waals surface area contributed by atoms with Crippen molar-refractivity contribution >= 4 is 11.7 Å². The molecule has 20 heavy (non-hydrogen) atoms. The third-order valence-electron chi connectivity index (χ3n) is 2.82. The SMILES string of the molecule is CCCn1nccc1-c1cc(C(=O)O)cc([N+](=O)[O-])c1. The van der Waals surface area contributed by atoms with Gasteiger partial charge in [0.25, 0.3) is 5.69 Å². The largest absolute Gasteiger partial charge is 0.478 e. The Labute approximate surface area is 114 Å². The summed E-state index contributed by atoms with van der Waals surface area (Å²) in [6.07, 6.45) is 2.44. The molecule has 1 aromatic heterocycles. The van der Waals surface area contributed by atoms with Gasteiger partial charge < -0.3 is 5.11 Å². The van der Waals surface area contributed by atoms with Crippen LogP contribution in [-0.2, 0) is 6.54 Å². The van der Waals surface area contributed by atoms with Crippen molar-refractivity contribution in [2.75, 3.05) is 0 Å². The molecule has 7 heteroatoms. The van der Waals surface area contributed by atoms with E-state index in [1.807, 2.05) is 6.92 Å². The van der Waals surface area contributed by atoms with Gasteiger partial charge in [0.1, 0.15) is 0 Å². The Kier molecular flexibility index (Phi) is 3.79. The third-order valence-corrected chi connectivity index (χ3v) is 2.82. The molecule has 1 heterocycles. The molecule has 0 atom stereocenters. The number of non-ortho nitro benzene ring substituents is 1. The minimum Gasteiger partial charge on any atom is -0.478 e. The lowest BCUT2D eigenvalue weighted by Gasteiger charge is -2.07. The number of carboxylic acid groups (broad SMARTS) is 1. The minimum absolute atomic E-state index is 0.113. The maximum Gasteiger partial charge on any atom is 0.335 e. The van der Waals surface area contributed by atoms with E-state index in [0.717, 1.165) is 12.5 Å². The summed E-state index contributed by atoms with van der Waals surface area (Å²) >= 11 is 0. The van der Waals surface area contributed by atoms with Gasteiger partial charge in [-0.05, 0) is 18.6 Å². The molecular weight excluding hydrogens is 262 g/mol. The molecule has 0 amide bonds. The van der Waals surface area contributed by atoms with Crippen LogP contribution in [-0.4, -0.2) is 25.8 Å². The lowest BCUT2D eigenvalue weighted by molar-refractivity contribution is -0.384. The number of aromatic nitrogens is 2. The fourth-order valence-corrected chi connectivity index (χ4v) is 1.96. The van der Waals surface area contributed by atoms with E-state index in [1.165, 1.54) is 12.1 Å². The van der Waals surface area contributed by atoms with Crippen LogP contribution in [0, 0.1) is 10.1 Å². The van der Waals surface area contributed by atoms with Crippen molar-refractivity contribution in [2.45, 2.75) is 19.9 Å². The Morgan fingerprint density at radius 3 is 2.80 bits per heavy atom. The highest BCUT2D eigenvalue weighted by Crippen LogP contribution is 2.26. The number of aryl methyl sites for hydroxylation is 1. The Hall–Kier alpha value is -2.70. The van der Waals surface area contributed by atoms with Gasteiger partial charge in [0.15, 0.2) is 0 Å². The first kappa shape index (κ1) is 13.7. The highest BCUT2D eigenvalue weighted by Gasteiger charge is 2.16. The van der Waals surface area contributed by atoms with Crippen molar-refractivity contribution in [3.05, 3.63) is 46.1 Å². The summed E-state index contributed by atoms with van der Waals surface area (Å²) in [6.45, 7) is 2.65. The summed E-state index contributed by atoms with van der Waals surface area (Å²) in [5.74, 6) is -1.20. The van der Waals surface area contributed by atoms with Crippen molar-refractivity contribution in [2.24, 2.45) is 0 Å². The van der Waals surface area contributed by atoms with Gasteiger partial charge in [-0.2, -0.15) is 5.10 Å². The van der Waals surface area contributed by atoms with Crippen molar-refractivity contribution in [3.63, 3.8) is 0 Å². The minimum atomic E-state index is -1.20. The molecule has 0 aliphatic rings. The number of benzene rings is 1. The number of hydrogen-bond acceptors (Lipinski definition) is 4. The Morgan fingerprint density at radius 1 is 1.45 bits per heavy atom. The van der Waals surface area contributed by atoms with Gasteiger partial charge >= 0.3 is 5.97 Å². The summed E-state index contributed by atoms with van der Waals surface area (Å²) in [7, 11) is 0. The van der Waals surface area contributed by atoms with Gasteiger partial charge in [0.2, 0.25) is 0 Å². The summed E-state index contributed by atoms with van der Waals surface area (Å²) in [5.41, 5.74) is 0.781. The smallest absolute Gasteiger partial charge is 0.335 e. The summed E-state index contributed by atoms with van der Waals surface area (Å²) in [5, 5.41) is 24.1. The quantitative estimate of drug-likeness (QED) is 0.667.